The second-order valence-corrected chi connectivity index (χ2v) is 8.20. The lowest BCUT2D eigenvalue weighted by Crippen LogP contribution is -2.48. The Balaban J connectivity index is 1.53. The fourth-order valence-electron chi connectivity index (χ4n) is 4.03. The Bertz CT molecular complexity index is 1380. The molecular weight excluding hydrogens is 430 g/mol. The van der Waals surface area contributed by atoms with E-state index in [1.165, 1.54) is 29.6 Å². The van der Waals surface area contributed by atoms with E-state index in [1.54, 1.807) is 38.1 Å². The quantitative estimate of drug-likeness (QED) is 0.388. The van der Waals surface area contributed by atoms with Crippen LogP contribution >= 0.6 is 0 Å². The first-order valence-electron chi connectivity index (χ1n) is 10.4. The Kier molecular flexibility index (Phi) is 5.48. The second kappa shape index (κ2) is 8.15. The highest BCUT2D eigenvalue weighted by Gasteiger charge is 2.44. The van der Waals surface area contributed by atoms with E-state index in [4.69, 9.17) is 4.74 Å². The molecule has 0 radical (unpaired) electrons. The average Bonchev–Trinajstić information content (AvgIpc) is 3.32. The van der Waals surface area contributed by atoms with Gasteiger partial charge in [-0.25, -0.2) is 14.6 Å². The van der Waals surface area contributed by atoms with Gasteiger partial charge in [0.15, 0.2) is 11.2 Å². The first kappa shape index (κ1) is 22.2. The molecule has 0 bridgehead atoms. The molecule has 1 atom stereocenters. The summed E-state index contributed by atoms with van der Waals surface area (Å²) in [6.45, 7) is 3.43. The number of hydrogen-bond acceptors (Lipinski definition) is 7. The molecule has 0 saturated carbocycles. The molecule has 0 aliphatic carbocycles. The van der Waals surface area contributed by atoms with Gasteiger partial charge in [-0.2, -0.15) is 0 Å². The predicted molar refractivity (Wildman–Crippen MR) is 117 cm³/mol. The molecule has 0 fully saturated rings. The fraction of sp³-hybridized carbons (Fsp3) is 0.364. The number of benzene rings is 1. The zero-order valence-corrected chi connectivity index (χ0v) is 18.6. The largest absolute Gasteiger partial charge is 0.462 e. The van der Waals surface area contributed by atoms with Gasteiger partial charge in [-0.15, -0.1) is 0 Å². The molecule has 33 heavy (non-hydrogen) atoms. The van der Waals surface area contributed by atoms with Gasteiger partial charge in [0.05, 0.1) is 24.0 Å². The van der Waals surface area contributed by atoms with Crippen molar-refractivity contribution in [3.05, 3.63) is 62.6 Å². The summed E-state index contributed by atoms with van der Waals surface area (Å²) in [6, 6.07) is 5.33. The molecule has 2 amide bonds. The lowest BCUT2D eigenvalue weighted by molar-refractivity contribution is -0.150. The Morgan fingerprint density at radius 3 is 2.18 bits per heavy atom. The van der Waals surface area contributed by atoms with Crippen LogP contribution in [0.3, 0.4) is 0 Å². The summed E-state index contributed by atoms with van der Waals surface area (Å²) in [4.78, 5) is 68.2. The smallest absolute Gasteiger partial charge is 0.332 e. The van der Waals surface area contributed by atoms with E-state index in [0.717, 1.165) is 9.47 Å². The van der Waals surface area contributed by atoms with E-state index in [0.29, 0.717) is 0 Å². The summed E-state index contributed by atoms with van der Waals surface area (Å²) >= 11 is 0. The fourth-order valence-corrected chi connectivity index (χ4v) is 4.03. The van der Waals surface area contributed by atoms with Gasteiger partial charge in [-0.3, -0.25) is 28.4 Å². The number of aromatic nitrogens is 4. The monoisotopic (exact) mass is 453 g/mol. The van der Waals surface area contributed by atoms with Gasteiger partial charge < -0.3 is 9.30 Å². The number of esters is 1. The molecule has 4 rings (SSSR count). The van der Waals surface area contributed by atoms with E-state index in [9.17, 15) is 24.0 Å². The van der Waals surface area contributed by atoms with Crippen molar-refractivity contribution in [2.24, 2.45) is 20.0 Å². The third-order valence-corrected chi connectivity index (χ3v) is 5.77. The van der Waals surface area contributed by atoms with E-state index >= 15 is 0 Å². The molecule has 0 spiro atoms. The number of hydrogen-bond donors (Lipinski definition) is 0. The lowest BCUT2D eigenvalue weighted by Gasteiger charge is -2.27. The number of ether oxygens (including phenoxy) is 1. The molecule has 0 saturated heterocycles. The van der Waals surface area contributed by atoms with E-state index in [2.05, 4.69) is 4.98 Å². The number of amides is 2. The Hall–Kier alpha value is -4.02. The van der Waals surface area contributed by atoms with Crippen molar-refractivity contribution in [2.75, 3.05) is 6.61 Å². The summed E-state index contributed by atoms with van der Waals surface area (Å²) < 4.78 is 9.14. The average molecular weight is 453 g/mol. The molecule has 172 valence electrons. The number of rotatable bonds is 6. The number of carbonyl (C=O) groups is 3. The van der Waals surface area contributed by atoms with Crippen LogP contribution in [-0.2, 0) is 30.2 Å². The summed E-state index contributed by atoms with van der Waals surface area (Å²) in [5, 5.41) is 0. The van der Waals surface area contributed by atoms with Crippen LogP contribution in [0.4, 0.5) is 0 Å². The SMILES string of the molecule is CC(C)C(C(=O)OCCn1cnc2c1c(=O)n(C)c(=O)n2C)N1C(=O)c2ccccc2C1=O. The zero-order valence-electron chi connectivity index (χ0n) is 18.6. The summed E-state index contributed by atoms with van der Waals surface area (Å²) in [6.07, 6.45) is 1.39. The molecule has 3 aromatic rings. The van der Waals surface area contributed by atoms with Crippen molar-refractivity contribution >= 4 is 28.9 Å². The Labute approximate surface area is 187 Å². The molecule has 11 nitrogen and oxygen atoms in total. The van der Waals surface area contributed by atoms with Crippen LogP contribution in [0.15, 0.2) is 40.2 Å². The van der Waals surface area contributed by atoms with Crippen LogP contribution < -0.4 is 11.2 Å². The maximum atomic E-state index is 12.9. The number of aryl methyl sites for hydroxylation is 1. The van der Waals surface area contributed by atoms with Crippen LogP contribution in [0.25, 0.3) is 11.2 Å². The standard InChI is InChI=1S/C22H23N5O6/c1-12(2)15(27-18(28)13-7-5-6-8-14(13)19(27)29)21(31)33-10-9-26-11-23-17-16(26)20(30)25(4)22(32)24(17)3/h5-8,11-12,15H,9-10H2,1-4H3. The van der Waals surface area contributed by atoms with Crippen LogP contribution in [-0.4, -0.2) is 54.0 Å². The van der Waals surface area contributed by atoms with Crippen molar-refractivity contribution in [3.63, 3.8) is 0 Å². The van der Waals surface area contributed by atoms with E-state index in [-0.39, 0.29) is 41.4 Å². The molecule has 1 unspecified atom stereocenters. The Morgan fingerprint density at radius 2 is 1.61 bits per heavy atom. The van der Waals surface area contributed by atoms with Crippen molar-refractivity contribution in [1.29, 1.82) is 0 Å². The normalized spacial score (nSPS) is 14.3. The highest BCUT2D eigenvalue weighted by Crippen LogP contribution is 2.27. The van der Waals surface area contributed by atoms with Crippen molar-refractivity contribution in [3.8, 4) is 0 Å². The second-order valence-electron chi connectivity index (χ2n) is 8.20. The highest BCUT2D eigenvalue weighted by atomic mass is 16.5. The third kappa shape index (κ3) is 3.45. The number of imide groups is 1. The van der Waals surface area contributed by atoms with Crippen LogP contribution in [0.1, 0.15) is 34.6 Å². The van der Waals surface area contributed by atoms with Gasteiger partial charge in [0.25, 0.3) is 17.4 Å². The molecule has 2 aromatic heterocycles. The molecule has 11 heteroatoms. The van der Waals surface area contributed by atoms with Gasteiger partial charge in [0.1, 0.15) is 12.6 Å². The summed E-state index contributed by atoms with van der Waals surface area (Å²) in [5.41, 5.74) is -0.0654. The maximum absolute atomic E-state index is 12.9. The van der Waals surface area contributed by atoms with Gasteiger partial charge in [-0.1, -0.05) is 26.0 Å². The number of nitrogens with zero attached hydrogens (tertiary/aromatic N) is 5. The van der Waals surface area contributed by atoms with Crippen molar-refractivity contribution < 1.29 is 19.1 Å². The van der Waals surface area contributed by atoms with Gasteiger partial charge in [0, 0.05) is 14.1 Å². The molecule has 0 N–H and O–H groups in total. The van der Waals surface area contributed by atoms with Gasteiger partial charge in [0.2, 0.25) is 0 Å². The molecule has 1 aliphatic heterocycles. The van der Waals surface area contributed by atoms with Gasteiger partial charge >= 0.3 is 11.7 Å². The first-order chi connectivity index (χ1) is 15.6. The van der Waals surface area contributed by atoms with E-state index in [1.807, 2.05) is 0 Å². The van der Waals surface area contributed by atoms with Gasteiger partial charge in [-0.05, 0) is 18.1 Å². The third-order valence-electron chi connectivity index (χ3n) is 5.77. The van der Waals surface area contributed by atoms with Crippen LogP contribution in [0.2, 0.25) is 0 Å². The number of carbonyl (C=O) groups excluding carboxylic acids is 3. The maximum Gasteiger partial charge on any atom is 0.332 e. The minimum Gasteiger partial charge on any atom is -0.462 e. The zero-order chi connectivity index (χ0) is 24.0. The van der Waals surface area contributed by atoms with Crippen LogP contribution in [0.5, 0.6) is 0 Å². The first-order valence-corrected chi connectivity index (χ1v) is 10.4. The Morgan fingerprint density at radius 1 is 1.00 bits per heavy atom. The van der Waals surface area contributed by atoms with Crippen molar-refractivity contribution in [1.82, 2.24) is 23.6 Å². The molecule has 1 aromatic carbocycles. The lowest BCUT2D eigenvalue weighted by atomic mass is 10.0. The molecule has 1 aliphatic rings. The minimum absolute atomic E-state index is 0.0998. The van der Waals surface area contributed by atoms with Crippen LogP contribution in [0, 0.1) is 5.92 Å². The number of imidazole rings is 1. The van der Waals surface area contributed by atoms with E-state index < -0.39 is 35.1 Å². The topological polar surface area (TPSA) is 126 Å². The summed E-state index contributed by atoms with van der Waals surface area (Å²) in [5.74, 6) is -2.16. The highest BCUT2D eigenvalue weighted by molar-refractivity contribution is 6.22. The predicted octanol–water partition coefficient (Wildman–Crippen LogP) is 0.298. The molecular formula is C22H23N5O6. The number of fused-ring (bicyclic) bond motifs is 2. The summed E-state index contributed by atoms with van der Waals surface area (Å²) in [7, 11) is 2.88. The molecule has 3 heterocycles. The minimum atomic E-state index is -1.09. The van der Waals surface area contributed by atoms with Crippen molar-refractivity contribution in [2.45, 2.75) is 26.4 Å².